The molecule has 1 fully saturated rings. The summed E-state index contributed by atoms with van der Waals surface area (Å²) >= 11 is 0. The minimum Gasteiger partial charge on any atom is -0.377 e. The van der Waals surface area contributed by atoms with Crippen molar-refractivity contribution >= 4 is 16.7 Å². The van der Waals surface area contributed by atoms with Crippen LogP contribution in [0.3, 0.4) is 0 Å². The van der Waals surface area contributed by atoms with Gasteiger partial charge in [-0.1, -0.05) is 31.2 Å². The van der Waals surface area contributed by atoms with Crippen molar-refractivity contribution in [1.29, 1.82) is 0 Å². The highest BCUT2D eigenvalue weighted by molar-refractivity contribution is 5.95. The van der Waals surface area contributed by atoms with Crippen LogP contribution in [0.4, 0.5) is 0 Å². The van der Waals surface area contributed by atoms with Crippen LogP contribution in [0.1, 0.15) is 29.4 Å². The van der Waals surface area contributed by atoms with Gasteiger partial charge >= 0.3 is 0 Å². The van der Waals surface area contributed by atoms with Crippen LogP contribution in [0, 0.1) is 6.92 Å². The van der Waals surface area contributed by atoms with Crippen LogP contribution in [0.25, 0.3) is 16.5 Å². The van der Waals surface area contributed by atoms with Gasteiger partial charge in [0.05, 0.1) is 36.0 Å². The van der Waals surface area contributed by atoms with Crippen molar-refractivity contribution in [3.05, 3.63) is 70.1 Å². The average molecular weight is 377 g/mol. The summed E-state index contributed by atoms with van der Waals surface area (Å²) in [4.78, 5) is 27.9. The van der Waals surface area contributed by atoms with Gasteiger partial charge in [-0.25, -0.2) is 0 Å². The van der Waals surface area contributed by atoms with E-state index in [1.165, 1.54) is 4.68 Å². The first-order chi connectivity index (χ1) is 13.6. The van der Waals surface area contributed by atoms with Crippen LogP contribution in [0.5, 0.6) is 0 Å². The number of rotatable bonds is 3. The van der Waals surface area contributed by atoms with Gasteiger partial charge in [-0.2, -0.15) is 9.78 Å². The molecule has 6 nitrogen and oxygen atoms in total. The van der Waals surface area contributed by atoms with Crippen LogP contribution in [0.15, 0.2) is 53.3 Å². The number of carbonyl (C=O) groups excluding carboxylic acids is 1. The molecule has 144 valence electrons. The molecule has 1 aliphatic heterocycles. The predicted octanol–water partition coefficient (Wildman–Crippen LogP) is 2.95. The first-order valence-corrected chi connectivity index (χ1v) is 9.58. The molecule has 0 bridgehead atoms. The highest BCUT2D eigenvalue weighted by Crippen LogP contribution is 2.18. The van der Waals surface area contributed by atoms with Crippen molar-refractivity contribution in [2.45, 2.75) is 26.3 Å². The molecule has 3 aromatic rings. The number of aromatic nitrogens is 2. The summed E-state index contributed by atoms with van der Waals surface area (Å²) in [5, 5.41) is 5.93. The maximum absolute atomic E-state index is 13.1. The number of hydrogen-bond acceptors (Lipinski definition) is 4. The van der Waals surface area contributed by atoms with Gasteiger partial charge in [0.15, 0.2) is 0 Å². The molecule has 0 saturated carbocycles. The summed E-state index contributed by atoms with van der Waals surface area (Å²) in [5.74, 6) is -0.0393. The molecule has 1 aliphatic rings. The molecule has 2 heterocycles. The van der Waals surface area contributed by atoms with E-state index in [0.29, 0.717) is 36.4 Å². The lowest BCUT2D eigenvalue weighted by Crippen LogP contribution is -2.48. The lowest BCUT2D eigenvalue weighted by molar-refractivity contribution is -0.00279. The molecule has 1 saturated heterocycles. The van der Waals surface area contributed by atoms with Crippen molar-refractivity contribution in [3.8, 4) is 5.69 Å². The SMILES string of the molecule is CCC1COCCN1C(=O)c1cccc(-n2nc(C)c3ccccc3c2=O)c1. The third-order valence-corrected chi connectivity index (χ3v) is 5.29. The molecule has 0 N–H and O–H groups in total. The molecular formula is C22H23N3O3. The van der Waals surface area contributed by atoms with Crippen molar-refractivity contribution < 1.29 is 9.53 Å². The maximum atomic E-state index is 13.1. The second kappa shape index (κ2) is 7.56. The van der Waals surface area contributed by atoms with E-state index < -0.39 is 0 Å². The largest absolute Gasteiger partial charge is 0.377 e. The number of hydrogen-bond donors (Lipinski definition) is 0. The van der Waals surface area contributed by atoms with Gasteiger partial charge in [0.1, 0.15) is 0 Å². The number of morpholine rings is 1. The highest BCUT2D eigenvalue weighted by Gasteiger charge is 2.27. The standard InChI is InChI=1S/C22H23N3O3/c1-3-17-14-28-12-11-24(17)21(26)16-7-6-8-18(13-16)25-22(27)20-10-5-4-9-19(20)15(2)23-25/h4-10,13,17H,3,11-12,14H2,1-2H3. The number of aryl methyl sites for hydroxylation is 1. The van der Waals surface area contributed by atoms with Crippen molar-refractivity contribution in [2.24, 2.45) is 0 Å². The van der Waals surface area contributed by atoms with E-state index >= 15 is 0 Å². The fraction of sp³-hybridized carbons (Fsp3) is 0.318. The zero-order valence-electron chi connectivity index (χ0n) is 16.1. The van der Waals surface area contributed by atoms with Crippen molar-refractivity contribution in [2.75, 3.05) is 19.8 Å². The summed E-state index contributed by atoms with van der Waals surface area (Å²) in [6.45, 7) is 5.62. The van der Waals surface area contributed by atoms with Crippen LogP contribution >= 0.6 is 0 Å². The highest BCUT2D eigenvalue weighted by atomic mass is 16.5. The number of fused-ring (bicyclic) bond motifs is 1. The van der Waals surface area contributed by atoms with E-state index in [4.69, 9.17) is 4.74 Å². The maximum Gasteiger partial charge on any atom is 0.279 e. The second-order valence-corrected chi connectivity index (χ2v) is 7.03. The summed E-state index contributed by atoms with van der Waals surface area (Å²) < 4.78 is 6.88. The molecule has 4 rings (SSSR count). The van der Waals surface area contributed by atoms with Crippen LogP contribution in [-0.2, 0) is 4.74 Å². The van der Waals surface area contributed by atoms with Crippen molar-refractivity contribution in [3.63, 3.8) is 0 Å². The van der Waals surface area contributed by atoms with Gasteiger partial charge in [0, 0.05) is 17.5 Å². The summed E-state index contributed by atoms with van der Waals surface area (Å²) in [6, 6.07) is 14.6. The molecule has 6 heteroatoms. The third kappa shape index (κ3) is 3.20. The Hall–Kier alpha value is -2.99. The summed E-state index contributed by atoms with van der Waals surface area (Å²) in [6.07, 6.45) is 0.844. The van der Waals surface area contributed by atoms with Crippen LogP contribution in [0.2, 0.25) is 0 Å². The van der Waals surface area contributed by atoms with E-state index in [1.807, 2.05) is 30.0 Å². The molecule has 0 radical (unpaired) electrons. The van der Waals surface area contributed by atoms with E-state index in [-0.39, 0.29) is 17.5 Å². The first-order valence-electron chi connectivity index (χ1n) is 9.58. The molecular weight excluding hydrogens is 354 g/mol. The topological polar surface area (TPSA) is 64.4 Å². The second-order valence-electron chi connectivity index (χ2n) is 7.03. The van der Waals surface area contributed by atoms with Gasteiger partial charge in [-0.3, -0.25) is 9.59 Å². The van der Waals surface area contributed by atoms with Gasteiger partial charge in [0.25, 0.3) is 11.5 Å². The lowest BCUT2D eigenvalue weighted by atomic mass is 10.1. The van der Waals surface area contributed by atoms with E-state index in [9.17, 15) is 9.59 Å². The Kier molecular flexibility index (Phi) is 4.96. The van der Waals surface area contributed by atoms with Gasteiger partial charge in [-0.05, 0) is 37.6 Å². The molecule has 1 unspecified atom stereocenters. The van der Waals surface area contributed by atoms with E-state index in [2.05, 4.69) is 12.0 Å². The Balaban J connectivity index is 1.75. The number of nitrogens with zero attached hydrogens (tertiary/aromatic N) is 3. The average Bonchev–Trinajstić information content (AvgIpc) is 2.76. The zero-order valence-corrected chi connectivity index (χ0v) is 16.1. The Labute approximate surface area is 163 Å². The van der Waals surface area contributed by atoms with Crippen LogP contribution in [-0.4, -0.2) is 46.4 Å². The molecule has 1 aromatic heterocycles. The zero-order chi connectivity index (χ0) is 19.7. The Morgan fingerprint density at radius 3 is 2.75 bits per heavy atom. The lowest BCUT2D eigenvalue weighted by Gasteiger charge is -2.35. The fourth-order valence-corrected chi connectivity index (χ4v) is 3.72. The monoisotopic (exact) mass is 377 g/mol. The number of benzene rings is 2. The Morgan fingerprint density at radius 1 is 1.18 bits per heavy atom. The smallest absolute Gasteiger partial charge is 0.279 e. The minimum absolute atomic E-state index is 0.0393. The number of carbonyl (C=O) groups is 1. The van der Waals surface area contributed by atoms with Crippen LogP contribution < -0.4 is 5.56 Å². The molecule has 1 amide bonds. The number of ether oxygens (including phenoxy) is 1. The molecule has 28 heavy (non-hydrogen) atoms. The van der Waals surface area contributed by atoms with E-state index in [0.717, 1.165) is 17.5 Å². The predicted molar refractivity (Wildman–Crippen MR) is 108 cm³/mol. The fourth-order valence-electron chi connectivity index (χ4n) is 3.72. The van der Waals surface area contributed by atoms with E-state index in [1.54, 1.807) is 30.3 Å². The number of amides is 1. The Bertz CT molecular complexity index is 1090. The van der Waals surface area contributed by atoms with Gasteiger partial charge in [-0.15, -0.1) is 0 Å². The quantitative estimate of drug-likeness (QED) is 0.704. The van der Waals surface area contributed by atoms with Gasteiger partial charge < -0.3 is 9.64 Å². The molecule has 2 aromatic carbocycles. The van der Waals surface area contributed by atoms with Gasteiger partial charge in [0.2, 0.25) is 0 Å². The summed E-state index contributed by atoms with van der Waals surface area (Å²) in [7, 11) is 0. The Morgan fingerprint density at radius 2 is 1.96 bits per heavy atom. The first kappa shape index (κ1) is 18.4. The molecule has 1 atom stereocenters. The molecule has 0 aliphatic carbocycles. The third-order valence-electron chi connectivity index (χ3n) is 5.29. The molecule has 0 spiro atoms. The minimum atomic E-state index is -0.191. The summed E-state index contributed by atoms with van der Waals surface area (Å²) in [5.41, 5.74) is 1.72. The van der Waals surface area contributed by atoms with Crippen molar-refractivity contribution in [1.82, 2.24) is 14.7 Å². The normalized spacial score (nSPS) is 17.1.